The van der Waals surface area contributed by atoms with Crippen molar-refractivity contribution < 1.29 is 0 Å². The van der Waals surface area contributed by atoms with Gasteiger partial charge in [-0.05, 0) is 83.3 Å². The molecular weight excluding hydrogens is 384 g/mol. The molecule has 1 aliphatic carbocycles. The molecule has 0 atom stereocenters. The molecule has 0 aromatic heterocycles. The molecule has 0 fully saturated rings. The average molecular weight is 415 g/mol. The lowest BCUT2D eigenvalue weighted by Crippen LogP contribution is -1.87. The van der Waals surface area contributed by atoms with E-state index < -0.39 is 0 Å². The fraction of sp³-hybridized carbons (Fsp3) is 0.125. The summed E-state index contributed by atoms with van der Waals surface area (Å²) in [5.41, 5.74) is 10.1. The van der Waals surface area contributed by atoms with Crippen molar-refractivity contribution in [3.63, 3.8) is 0 Å². The van der Waals surface area contributed by atoms with Crippen LogP contribution in [-0.2, 0) is 0 Å². The van der Waals surface area contributed by atoms with Gasteiger partial charge in [0.25, 0.3) is 0 Å². The Morgan fingerprint density at radius 3 is 2.16 bits per heavy atom. The molecule has 0 nitrogen and oxygen atoms in total. The Morgan fingerprint density at radius 1 is 0.656 bits per heavy atom. The van der Waals surface area contributed by atoms with Gasteiger partial charge in [0.15, 0.2) is 0 Å². The molecule has 158 valence electrons. The van der Waals surface area contributed by atoms with Crippen molar-refractivity contribution in [3.8, 4) is 22.3 Å². The molecule has 0 aliphatic heterocycles. The standard InChI is InChI=1S/C32H30/c1-3-4-5-6-8-12-26-21-25(2)22-32(23-26)31-16-11-15-30(24-31)29-19-17-28(18-20-29)27-13-9-7-10-14-27/h3-6,8-9,11-24H,7,10H2,1-2H3/b4-3-,6-5-,12-8+. The summed E-state index contributed by atoms with van der Waals surface area (Å²) in [5, 5.41) is 0. The van der Waals surface area contributed by atoms with Gasteiger partial charge in [-0.3, -0.25) is 0 Å². The summed E-state index contributed by atoms with van der Waals surface area (Å²) in [7, 11) is 0. The van der Waals surface area contributed by atoms with Gasteiger partial charge in [0.05, 0.1) is 0 Å². The number of allylic oxidation sites excluding steroid dienone is 9. The van der Waals surface area contributed by atoms with Gasteiger partial charge in [0.2, 0.25) is 0 Å². The number of hydrogen-bond donors (Lipinski definition) is 0. The van der Waals surface area contributed by atoms with Crippen LogP contribution in [0.3, 0.4) is 0 Å². The van der Waals surface area contributed by atoms with E-state index in [-0.39, 0.29) is 0 Å². The normalized spacial score (nSPS) is 14.0. The van der Waals surface area contributed by atoms with E-state index in [2.05, 4.69) is 110 Å². The lowest BCUT2D eigenvalue weighted by Gasteiger charge is -2.10. The Kier molecular flexibility index (Phi) is 7.15. The zero-order valence-electron chi connectivity index (χ0n) is 19.0. The topological polar surface area (TPSA) is 0 Å². The van der Waals surface area contributed by atoms with Crippen LogP contribution in [0.15, 0.2) is 115 Å². The van der Waals surface area contributed by atoms with Gasteiger partial charge in [-0.2, -0.15) is 0 Å². The molecule has 0 unspecified atom stereocenters. The van der Waals surface area contributed by atoms with Crippen LogP contribution in [0.2, 0.25) is 0 Å². The van der Waals surface area contributed by atoms with E-state index in [1.54, 1.807) is 0 Å². The van der Waals surface area contributed by atoms with Crippen molar-refractivity contribution in [1.29, 1.82) is 0 Å². The number of benzene rings is 3. The zero-order valence-corrected chi connectivity index (χ0v) is 19.0. The third-order valence-electron chi connectivity index (χ3n) is 5.66. The SMILES string of the molecule is C\C=C/C=C\C=C\c1cc(C)cc(-c2cccc(-c3ccc(C4=CCCC=C4)cc3)c2)c1. The van der Waals surface area contributed by atoms with Crippen LogP contribution in [0.1, 0.15) is 36.5 Å². The maximum absolute atomic E-state index is 2.33. The fourth-order valence-corrected chi connectivity index (χ4v) is 4.04. The predicted octanol–water partition coefficient (Wildman–Crippen LogP) is 9.21. The first-order valence-electron chi connectivity index (χ1n) is 11.4. The number of aryl methyl sites for hydroxylation is 1. The second kappa shape index (κ2) is 10.6. The van der Waals surface area contributed by atoms with Crippen LogP contribution in [0.4, 0.5) is 0 Å². The van der Waals surface area contributed by atoms with Gasteiger partial charge in [-0.15, -0.1) is 0 Å². The first kappa shape index (κ1) is 21.6. The van der Waals surface area contributed by atoms with Gasteiger partial charge >= 0.3 is 0 Å². The van der Waals surface area contributed by atoms with E-state index in [4.69, 9.17) is 0 Å². The molecule has 0 saturated carbocycles. The Labute approximate surface area is 192 Å². The molecule has 0 heterocycles. The minimum atomic E-state index is 1.13. The van der Waals surface area contributed by atoms with E-state index in [9.17, 15) is 0 Å². The van der Waals surface area contributed by atoms with Crippen LogP contribution in [0.25, 0.3) is 33.9 Å². The van der Waals surface area contributed by atoms with Crippen LogP contribution >= 0.6 is 0 Å². The zero-order chi connectivity index (χ0) is 22.2. The van der Waals surface area contributed by atoms with Crippen molar-refractivity contribution in [3.05, 3.63) is 132 Å². The fourth-order valence-electron chi connectivity index (χ4n) is 4.04. The van der Waals surface area contributed by atoms with Crippen LogP contribution in [0.5, 0.6) is 0 Å². The van der Waals surface area contributed by atoms with E-state index in [0.29, 0.717) is 0 Å². The van der Waals surface area contributed by atoms with Crippen molar-refractivity contribution >= 4 is 11.6 Å². The highest BCUT2D eigenvalue weighted by Gasteiger charge is 2.05. The largest absolute Gasteiger partial charge is 0.0877 e. The summed E-state index contributed by atoms with van der Waals surface area (Å²) in [4.78, 5) is 0. The first-order chi connectivity index (χ1) is 15.7. The molecule has 0 spiro atoms. The molecule has 4 rings (SSSR count). The van der Waals surface area contributed by atoms with E-state index >= 15 is 0 Å². The molecule has 0 amide bonds. The first-order valence-corrected chi connectivity index (χ1v) is 11.4. The van der Waals surface area contributed by atoms with Gasteiger partial charge < -0.3 is 0 Å². The highest BCUT2D eigenvalue weighted by molar-refractivity contribution is 5.78. The van der Waals surface area contributed by atoms with Crippen LogP contribution in [-0.4, -0.2) is 0 Å². The van der Waals surface area contributed by atoms with E-state index in [1.807, 2.05) is 25.2 Å². The highest BCUT2D eigenvalue weighted by Crippen LogP contribution is 2.30. The molecule has 3 aromatic carbocycles. The monoisotopic (exact) mass is 414 g/mol. The third kappa shape index (κ3) is 5.53. The smallest absolute Gasteiger partial charge is 0.0175 e. The van der Waals surface area contributed by atoms with Gasteiger partial charge in [0.1, 0.15) is 0 Å². The molecule has 0 saturated heterocycles. The van der Waals surface area contributed by atoms with Gasteiger partial charge in [-0.1, -0.05) is 109 Å². The quantitative estimate of drug-likeness (QED) is 0.353. The van der Waals surface area contributed by atoms with Crippen LogP contribution < -0.4 is 0 Å². The Balaban J connectivity index is 1.59. The summed E-state index contributed by atoms with van der Waals surface area (Å²) < 4.78 is 0. The minimum absolute atomic E-state index is 1.13. The Bertz CT molecular complexity index is 1210. The lowest BCUT2D eigenvalue weighted by atomic mass is 9.94. The van der Waals surface area contributed by atoms with E-state index in [0.717, 1.165) is 12.8 Å². The maximum Gasteiger partial charge on any atom is -0.0175 e. The summed E-state index contributed by atoms with van der Waals surface area (Å²) in [6.07, 6.45) is 21.5. The predicted molar refractivity (Wildman–Crippen MR) is 141 cm³/mol. The number of rotatable bonds is 6. The van der Waals surface area contributed by atoms with Crippen LogP contribution in [0, 0.1) is 6.92 Å². The average Bonchev–Trinajstić information content (AvgIpc) is 2.84. The highest BCUT2D eigenvalue weighted by atomic mass is 14.1. The van der Waals surface area contributed by atoms with Crippen molar-refractivity contribution in [2.24, 2.45) is 0 Å². The second-order valence-corrected chi connectivity index (χ2v) is 8.20. The second-order valence-electron chi connectivity index (χ2n) is 8.20. The molecule has 0 heteroatoms. The van der Waals surface area contributed by atoms with Crippen molar-refractivity contribution in [1.82, 2.24) is 0 Å². The summed E-state index contributed by atoms with van der Waals surface area (Å²) in [6, 6.07) is 24.5. The van der Waals surface area contributed by atoms with Crippen molar-refractivity contribution in [2.75, 3.05) is 0 Å². The molecule has 32 heavy (non-hydrogen) atoms. The van der Waals surface area contributed by atoms with E-state index in [1.165, 1.54) is 44.5 Å². The minimum Gasteiger partial charge on any atom is -0.0877 e. The lowest BCUT2D eigenvalue weighted by molar-refractivity contribution is 1.04. The summed E-state index contributed by atoms with van der Waals surface area (Å²) in [5.74, 6) is 0. The molecular formula is C32H30. The molecule has 0 radical (unpaired) electrons. The summed E-state index contributed by atoms with van der Waals surface area (Å²) in [6.45, 7) is 4.18. The molecule has 1 aliphatic rings. The Hall–Kier alpha value is -3.64. The Morgan fingerprint density at radius 2 is 1.41 bits per heavy atom. The molecule has 0 N–H and O–H groups in total. The number of hydrogen-bond acceptors (Lipinski definition) is 0. The summed E-state index contributed by atoms with van der Waals surface area (Å²) >= 11 is 0. The van der Waals surface area contributed by atoms with Gasteiger partial charge in [-0.25, -0.2) is 0 Å². The molecule has 0 bridgehead atoms. The molecule has 3 aromatic rings. The third-order valence-corrected chi connectivity index (χ3v) is 5.66. The van der Waals surface area contributed by atoms with Crippen molar-refractivity contribution in [2.45, 2.75) is 26.7 Å². The van der Waals surface area contributed by atoms with Gasteiger partial charge in [0, 0.05) is 0 Å². The maximum atomic E-state index is 2.33.